The molecule has 0 radical (unpaired) electrons. The van der Waals surface area contributed by atoms with Crippen LogP contribution in [0.2, 0.25) is 0 Å². The molecule has 1 aliphatic heterocycles. The van der Waals surface area contributed by atoms with Crippen molar-refractivity contribution in [3.05, 3.63) is 29.8 Å². The largest absolute Gasteiger partial charge is 0.378 e. The smallest absolute Gasteiger partial charge is 0.229 e. The number of carbonyl (C=O) groups excluding carboxylic acids is 1. The Morgan fingerprint density at radius 1 is 1.45 bits per heavy atom. The highest BCUT2D eigenvalue weighted by Gasteiger charge is 2.33. The lowest BCUT2D eigenvalue weighted by atomic mass is 9.98. The minimum Gasteiger partial charge on any atom is -0.378 e. The third kappa shape index (κ3) is 3.02. The lowest BCUT2D eigenvalue weighted by molar-refractivity contribution is -0.123. The van der Waals surface area contributed by atoms with Crippen molar-refractivity contribution in [1.82, 2.24) is 0 Å². The molecule has 1 amide bonds. The molecule has 0 fully saturated rings. The summed E-state index contributed by atoms with van der Waals surface area (Å²) in [5.74, 6) is 0.467. The van der Waals surface area contributed by atoms with E-state index in [2.05, 4.69) is 6.07 Å². The maximum atomic E-state index is 12.5. The number of anilines is 1. The quantitative estimate of drug-likeness (QED) is 0.897. The average molecular weight is 276 g/mol. The van der Waals surface area contributed by atoms with E-state index >= 15 is 0 Å². The molecule has 0 saturated heterocycles. The summed E-state index contributed by atoms with van der Waals surface area (Å²) in [5.41, 5.74) is 7.52. The lowest BCUT2D eigenvalue weighted by Crippen LogP contribution is -2.37. The van der Waals surface area contributed by atoms with E-state index in [4.69, 9.17) is 10.5 Å². The molecule has 1 heterocycles. The molecule has 0 bridgehead atoms. The first-order valence-corrected chi connectivity index (χ1v) is 7.13. The molecule has 0 aromatic heterocycles. The molecule has 1 aliphatic rings. The van der Waals surface area contributed by atoms with Gasteiger partial charge >= 0.3 is 0 Å². The van der Waals surface area contributed by atoms with Crippen molar-refractivity contribution < 1.29 is 9.53 Å². The summed E-state index contributed by atoms with van der Waals surface area (Å²) < 4.78 is 5.36. The van der Waals surface area contributed by atoms with Gasteiger partial charge in [0.25, 0.3) is 0 Å². The molecule has 1 aromatic carbocycles. The Bertz CT molecular complexity index is 485. The summed E-state index contributed by atoms with van der Waals surface area (Å²) in [4.78, 5) is 14.4. The standard InChI is InChI=1S/C16H24N2O2/c1-16(2,20-3)10-15(19)18-11-12(8-9-17)13-6-4-5-7-14(13)18/h4-7,12H,8-11,17H2,1-3H3. The molecular weight excluding hydrogens is 252 g/mol. The Morgan fingerprint density at radius 3 is 2.80 bits per heavy atom. The van der Waals surface area contributed by atoms with E-state index in [1.807, 2.05) is 36.9 Å². The molecule has 110 valence electrons. The van der Waals surface area contributed by atoms with Crippen LogP contribution in [0.25, 0.3) is 0 Å². The zero-order valence-electron chi connectivity index (χ0n) is 12.6. The summed E-state index contributed by atoms with van der Waals surface area (Å²) in [7, 11) is 1.64. The van der Waals surface area contributed by atoms with Gasteiger partial charge in [0.2, 0.25) is 5.91 Å². The zero-order chi connectivity index (χ0) is 14.8. The van der Waals surface area contributed by atoms with E-state index in [0.717, 1.165) is 18.7 Å². The van der Waals surface area contributed by atoms with Crippen molar-refractivity contribution in [1.29, 1.82) is 0 Å². The number of hydrogen-bond acceptors (Lipinski definition) is 3. The Balaban J connectivity index is 2.20. The van der Waals surface area contributed by atoms with Crippen LogP contribution >= 0.6 is 0 Å². The predicted octanol–water partition coefficient (Wildman–Crippen LogP) is 2.28. The van der Waals surface area contributed by atoms with Gasteiger partial charge in [0.1, 0.15) is 0 Å². The third-order valence-corrected chi connectivity index (χ3v) is 4.02. The first kappa shape index (κ1) is 15.0. The van der Waals surface area contributed by atoms with Gasteiger partial charge in [0, 0.05) is 25.3 Å². The van der Waals surface area contributed by atoms with E-state index < -0.39 is 5.60 Å². The van der Waals surface area contributed by atoms with Gasteiger partial charge in [-0.05, 0) is 38.4 Å². The number of hydrogen-bond donors (Lipinski definition) is 1. The van der Waals surface area contributed by atoms with Crippen molar-refractivity contribution in [2.45, 2.75) is 38.2 Å². The van der Waals surface area contributed by atoms with E-state index in [1.54, 1.807) is 7.11 Å². The van der Waals surface area contributed by atoms with Gasteiger partial charge in [-0.3, -0.25) is 4.79 Å². The van der Waals surface area contributed by atoms with Crippen LogP contribution in [0, 0.1) is 0 Å². The molecule has 2 rings (SSSR count). The van der Waals surface area contributed by atoms with Crippen LogP contribution in [0.15, 0.2) is 24.3 Å². The Hall–Kier alpha value is -1.39. The maximum Gasteiger partial charge on any atom is 0.229 e. The number of methoxy groups -OCH3 is 1. The van der Waals surface area contributed by atoms with Crippen LogP contribution in [0.4, 0.5) is 5.69 Å². The van der Waals surface area contributed by atoms with Crippen molar-refractivity contribution in [3.63, 3.8) is 0 Å². The molecule has 2 N–H and O–H groups in total. The van der Waals surface area contributed by atoms with Crippen molar-refractivity contribution in [2.24, 2.45) is 5.73 Å². The maximum absolute atomic E-state index is 12.5. The van der Waals surface area contributed by atoms with Crippen LogP contribution in [0.3, 0.4) is 0 Å². The minimum atomic E-state index is -0.433. The van der Waals surface area contributed by atoms with E-state index in [9.17, 15) is 4.79 Å². The van der Waals surface area contributed by atoms with Crippen molar-refractivity contribution >= 4 is 11.6 Å². The second kappa shape index (κ2) is 5.94. The highest BCUT2D eigenvalue weighted by molar-refractivity contribution is 5.96. The van der Waals surface area contributed by atoms with E-state index in [1.165, 1.54) is 5.56 Å². The van der Waals surface area contributed by atoms with Gasteiger partial charge in [-0.2, -0.15) is 0 Å². The summed E-state index contributed by atoms with van der Waals surface area (Å²) in [6.07, 6.45) is 1.29. The summed E-state index contributed by atoms with van der Waals surface area (Å²) >= 11 is 0. The van der Waals surface area contributed by atoms with Gasteiger partial charge in [-0.25, -0.2) is 0 Å². The number of rotatable bonds is 5. The third-order valence-electron chi connectivity index (χ3n) is 4.02. The fraction of sp³-hybridized carbons (Fsp3) is 0.562. The van der Waals surface area contributed by atoms with E-state index in [0.29, 0.717) is 18.9 Å². The predicted molar refractivity (Wildman–Crippen MR) is 80.9 cm³/mol. The second-order valence-corrected chi connectivity index (χ2v) is 5.98. The molecule has 20 heavy (non-hydrogen) atoms. The molecule has 0 spiro atoms. The van der Waals surface area contributed by atoms with Gasteiger partial charge in [0.15, 0.2) is 0 Å². The Morgan fingerprint density at radius 2 is 2.15 bits per heavy atom. The Labute approximate surface area is 120 Å². The van der Waals surface area contributed by atoms with Gasteiger partial charge in [-0.15, -0.1) is 0 Å². The number of nitrogens with zero attached hydrogens (tertiary/aromatic N) is 1. The van der Waals surface area contributed by atoms with E-state index in [-0.39, 0.29) is 5.91 Å². The van der Waals surface area contributed by atoms with Crippen LogP contribution < -0.4 is 10.6 Å². The second-order valence-electron chi connectivity index (χ2n) is 5.98. The molecule has 1 unspecified atom stereocenters. The number of para-hydroxylation sites is 1. The van der Waals surface area contributed by atoms with Crippen molar-refractivity contribution in [3.8, 4) is 0 Å². The highest BCUT2D eigenvalue weighted by Crippen LogP contribution is 2.38. The molecular formula is C16H24N2O2. The molecule has 0 saturated carbocycles. The number of benzene rings is 1. The fourth-order valence-electron chi connectivity index (χ4n) is 2.71. The van der Waals surface area contributed by atoms with Crippen LogP contribution in [-0.4, -0.2) is 31.7 Å². The number of fused-ring (bicyclic) bond motifs is 1. The topological polar surface area (TPSA) is 55.6 Å². The van der Waals surface area contributed by atoms with Gasteiger partial charge < -0.3 is 15.4 Å². The molecule has 0 aliphatic carbocycles. The molecule has 4 nitrogen and oxygen atoms in total. The zero-order valence-corrected chi connectivity index (χ0v) is 12.6. The SMILES string of the molecule is COC(C)(C)CC(=O)N1CC(CCN)c2ccccc21. The highest BCUT2D eigenvalue weighted by atomic mass is 16.5. The summed E-state index contributed by atoms with van der Waals surface area (Å²) in [6.45, 7) is 5.24. The van der Waals surface area contributed by atoms with Gasteiger partial charge in [0.05, 0.1) is 12.0 Å². The Kier molecular flexibility index (Phi) is 4.45. The van der Waals surface area contributed by atoms with Crippen molar-refractivity contribution in [2.75, 3.05) is 25.1 Å². The monoisotopic (exact) mass is 276 g/mol. The number of amides is 1. The number of nitrogens with two attached hydrogens (primary N) is 1. The minimum absolute atomic E-state index is 0.115. The average Bonchev–Trinajstić information content (AvgIpc) is 2.78. The number of carbonyl (C=O) groups is 1. The van der Waals surface area contributed by atoms with Crippen LogP contribution in [-0.2, 0) is 9.53 Å². The lowest BCUT2D eigenvalue weighted by Gasteiger charge is -2.26. The summed E-state index contributed by atoms with van der Waals surface area (Å²) in [5, 5.41) is 0. The summed E-state index contributed by atoms with van der Waals surface area (Å²) in [6, 6.07) is 8.12. The first-order chi connectivity index (χ1) is 9.48. The number of ether oxygens (including phenoxy) is 1. The van der Waals surface area contributed by atoms with Crippen LogP contribution in [0.5, 0.6) is 0 Å². The van der Waals surface area contributed by atoms with Gasteiger partial charge in [-0.1, -0.05) is 18.2 Å². The normalized spacial score (nSPS) is 18.2. The molecule has 1 atom stereocenters. The fourth-order valence-corrected chi connectivity index (χ4v) is 2.71. The first-order valence-electron chi connectivity index (χ1n) is 7.13. The van der Waals surface area contributed by atoms with Crippen LogP contribution in [0.1, 0.15) is 38.2 Å². The molecule has 4 heteroatoms. The molecule has 1 aromatic rings.